The molecule has 0 aliphatic carbocycles. The van der Waals surface area contributed by atoms with Crippen molar-refractivity contribution in [1.29, 1.82) is 0 Å². The normalized spacial score (nSPS) is 11.2. The lowest BCUT2D eigenvalue weighted by Crippen LogP contribution is -1.95. The van der Waals surface area contributed by atoms with Crippen molar-refractivity contribution in [3.63, 3.8) is 0 Å². The second-order valence-corrected chi connectivity index (χ2v) is 6.34. The second kappa shape index (κ2) is 8.63. The fraction of sp³-hybridized carbons (Fsp3) is 0.167. The Kier molecular flexibility index (Phi) is 6.02. The van der Waals surface area contributed by atoms with Crippen LogP contribution >= 0.6 is 0 Å². The number of aryl methyl sites for hydroxylation is 1. The summed E-state index contributed by atoms with van der Waals surface area (Å²) >= 11 is 0. The molecule has 0 fully saturated rings. The number of hydrogen-bond donors (Lipinski definition) is 0. The van der Waals surface area contributed by atoms with Crippen molar-refractivity contribution in [2.45, 2.75) is 19.8 Å². The predicted octanol–water partition coefficient (Wildman–Crippen LogP) is 6.86. The third kappa shape index (κ3) is 4.25. The molecule has 0 aromatic heterocycles. The van der Waals surface area contributed by atoms with Crippen molar-refractivity contribution in [3.8, 4) is 16.9 Å². The molecule has 1 nitrogen and oxygen atoms in total. The Balaban J connectivity index is 1.96. The van der Waals surface area contributed by atoms with Crippen LogP contribution in [-0.4, -0.2) is 6.61 Å². The largest absolute Gasteiger partial charge is 0.490 e. The highest BCUT2D eigenvalue weighted by molar-refractivity contribution is 5.89. The molecule has 0 unspecified atom stereocenters. The van der Waals surface area contributed by atoms with E-state index in [9.17, 15) is 8.78 Å². The first-order valence-corrected chi connectivity index (χ1v) is 9.00. The van der Waals surface area contributed by atoms with E-state index in [0.717, 1.165) is 18.4 Å². The Morgan fingerprint density at radius 1 is 1.00 bits per heavy atom. The lowest BCUT2D eigenvalue weighted by Gasteiger charge is -2.10. The highest BCUT2D eigenvalue weighted by Crippen LogP contribution is 2.32. The van der Waals surface area contributed by atoms with Gasteiger partial charge in [0, 0.05) is 10.9 Å². The van der Waals surface area contributed by atoms with Gasteiger partial charge in [0.1, 0.15) is 12.4 Å². The molecule has 3 rings (SSSR count). The Bertz CT molecular complexity index is 972. The Morgan fingerprint density at radius 2 is 1.78 bits per heavy atom. The zero-order chi connectivity index (χ0) is 19.2. The predicted molar refractivity (Wildman–Crippen MR) is 108 cm³/mol. The maximum absolute atomic E-state index is 14.7. The molecule has 138 valence electrons. The van der Waals surface area contributed by atoms with Gasteiger partial charge in [0.05, 0.1) is 0 Å². The van der Waals surface area contributed by atoms with E-state index in [1.54, 1.807) is 42.5 Å². The maximum atomic E-state index is 14.7. The molecule has 0 bridgehead atoms. The molecule has 0 radical (unpaired) electrons. The van der Waals surface area contributed by atoms with E-state index in [2.05, 4.69) is 12.7 Å². The fourth-order valence-electron chi connectivity index (χ4n) is 3.04. The lowest BCUT2D eigenvalue weighted by atomic mass is 9.97. The molecular weight excluding hydrogens is 342 g/mol. The number of rotatable bonds is 7. The van der Waals surface area contributed by atoms with E-state index in [-0.39, 0.29) is 5.56 Å². The number of hydrogen-bond acceptors (Lipinski definition) is 1. The molecule has 0 heterocycles. The van der Waals surface area contributed by atoms with Crippen LogP contribution in [-0.2, 0) is 6.42 Å². The summed E-state index contributed by atoms with van der Waals surface area (Å²) < 4.78 is 34.9. The topological polar surface area (TPSA) is 9.23 Å². The highest BCUT2D eigenvalue weighted by Gasteiger charge is 2.15. The average molecular weight is 364 g/mol. The Morgan fingerprint density at radius 3 is 2.48 bits per heavy atom. The third-order valence-electron chi connectivity index (χ3n) is 4.45. The minimum absolute atomic E-state index is 0.247. The zero-order valence-corrected chi connectivity index (χ0v) is 15.3. The summed E-state index contributed by atoms with van der Waals surface area (Å²) in [6.07, 6.45) is 7.38. The molecule has 0 atom stereocenters. The Hall–Kier alpha value is -2.94. The van der Waals surface area contributed by atoms with Crippen LogP contribution in [0.5, 0.6) is 5.75 Å². The van der Waals surface area contributed by atoms with E-state index in [1.165, 1.54) is 0 Å². The van der Waals surface area contributed by atoms with Crippen molar-refractivity contribution < 1.29 is 13.5 Å². The molecule has 0 aliphatic heterocycles. The van der Waals surface area contributed by atoms with Crippen LogP contribution in [0.2, 0.25) is 0 Å². The quantitative estimate of drug-likeness (QED) is 0.416. The first-order valence-electron chi connectivity index (χ1n) is 9.00. The molecule has 3 heteroatoms. The van der Waals surface area contributed by atoms with Gasteiger partial charge < -0.3 is 4.74 Å². The summed E-state index contributed by atoms with van der Waals surface area (Å²) in [7, 11) is 0. The van der Waals surface area contributed by atoms with Crippen LogP contribution in [0.15, 0.2) is 73.3 Å². The maximum Gasteiger partial charge on any atom is 0.167 e. The first kappa shape index (κ1) is 18.8. The second-order valence-electron chi connectivity index (χ2n) is 6.34. The lowest BCUT2D eigenvalue weighted by molar-refractivity contribution is 0.363. The SMILES string of the molecule is C=CCOc1ccc(-c2cc3ccc(CC/C=C/C)cc3c(F)c2F)cc1. The number of benzene rings is 3. The van der Waals surface area contributed by atoms with E-state index in [1.807, 2.05) is 25.1 Å². The van der Waals surface area contributed by atoms with Gasteiger partial charge in [-0.2, -0.15) is 0 Å². The third-order valence-corrected chi connectivity index (χ3v) is 4.45. The minimum Gasteiger partial charge on any atom is -0.490 e. The standard InChI is InChI=1S/C24H22F2O/c1-3-5-6-7-17-8-9-19-16-22(24(26)23(25)21(19)15-17)18-10-12-20(13-11-18)27-14-4-2/h3-5,8-13,15-16H,2,6-7,14H2,1H3/b5-3+. The van der Waals surface area contributed by atoms with Gasteiger partial charge in [0.15, 0.2) is 11.6 Å². The van der Waals surface area contributed by atoms with E-state index >= 15 is 0 Å². The zero-order valence-electron chi connectivity index (χ0n) is 15.3. The van der Waals surface area contributed by atoms with E-state index < -0.39 is 11.6 Å². The van der Waals surface area contributed by atoms with Crippen LogP contribution in [0, 0.1) is 11.6 Å². The minimum atomic E-state index is -0.826. The molecule has 3 aromatic rings. The average Bonchev–Trinajstić information content (AvgIpc) is 2.70. The summed E-state index contributed by atoms with van der Waals surface area (Å²) in [5.74, 6) is -0.971. The number of fused-ring (bicyclic) bond motifs is 1. The van der Waals surface area contributed by atoms with Crippen molar-refractivity contribution in [2.75, 3.05) is 6.61 Å². The van der Waals surface area contributed by atoms with Gasteiger partial charge in [-0.05, 0) is 60.5 Å². The van der Waals surface area contributed by atoms with E-state index in [0.29, 0.717) is 28.7 Å². The molecule has 0 N–H and O–H groups in total. The monoisotopic (exact) mass is 364 g/mol. The van der Waals surface area contributed by atoms with Gasteiger partial charge in [-0.1, -0.05) is 49.1 Å². The first-order chi connectivity index (χ1) is 13.1. The molecule has 0 spiro atoms. The van der Waals surface area contributed by atoms with Gasteiger partial charge in [0.25, 0.3) is 0 Å². The van der Waals surface area contributed by atoms with Crippen LogP contribution < -0.4 is 4.74 Å². The van der Waals surface area contributed by atoms with Gasteiger partial charge in [-0.25, -0.2) is 8.78 Å². The van der Waals surface area contributed by atoms with Crippen LogP contribution in [0.25, 0.3) is 21.9 Å². The summed E-state index contributed by atoms with van der Waals surface area (Å²) in [6, 6.07) is 14.2. The van der Waals surface area contributed by atoms with Crippen molar-refractivity contribution in [3.05, 3.63) is 90.5 Å². The molecule has 3 aromatic carbocycles. The van der Waals surface area contributed by atoms with Gasteiger partial charge in [-0.3, -0.25) is 0 Å². The van der Waals surface area contributed by atoms with Gasteiger partial charge in [-0.15, -0.1) is 0 Å². The Labute approximate surface area is 158 Å². The molecule has 27 heavy (non-hydrogen) atoms. The van der Waals surface area contributed by atoms with Crippen molar-refractivity contribution in [2.24, 2.45) is 0 Å². The number of ether oxygens (including phenoxy) is 1. The molecule has 0 saturated heterocycles. The van der Waals surface area contributed by atoms with Crippen molar-refractivity contribution in [1.82, 2.24) is 0 Å². The fourth-order valence-corrected chi connectivity index (χ4v) is 3.04. The van der Waals surface area contributed by atoms with Gasteiger partial charge >= 0.3 is 0 Å². The van der Waals surface area contributed by atoms with Crippen LogP contribution in [0.1, 0.15) is 18.9 Å². The molecular formula is C24H22F2O. The highest BCUT2D eigenvalue weighted by atomic mass is 19.2. The molecule has 0 aliphatic rings. The van der Waals surface area contributed by atoms with E-state index in [4.69, 9.17) is 4.74 Å². The van der Waals surface area contributed by atoms with Crippen LogP contribution in [0.3, 0.4) is 0 Å². The summed E-state index contributed by atoms with van der Waals surface area (Å²) in [5.41, 5.74) is 1.85. The van der Waals surface area contributed by atoms with Gasteiger partial charge in [0.2, 0.25) is 0 Å². The summed E-state index contributed by atoms with van der Waals surface area (Å²) in [4.78, 5) is 0. The number of halogens is 2. The smallest absolute Gasteiger partial charge is 0.167 e. The van der Waals surface area contributed by atoms with Crippen LogP contribution in [0.4, 0.5) is 8.78 Å². The summed E-state index contributed by atoms with van der Waals surface area (Å²) in [5, 5.41) is 1.01. The van der Waals surface area contributed by atoms with Crippen molar-refractivity contribution >= 4 is 10.8 Å². The molecule has 0 saturated carbocycles. The molecule has 0 amide bonds. The summed E-state index contributed by atoms with van der Waals surface area (Å²) in [6.45, 7) is 5.96. The number of allylic oxidation sites excluding steroid dienone is 2.